The van der Waals surface area contributed by atoms with Crippen molar-refractivity contribution < 1.29 is 49.3 Å². The Labute approximate surface area is 480 Å². The van der Waals surface area contributed by atoms with E-state index in [1.807, 2.05) is 60.8 Å². The van der Waals surface area contributed by atoms with Crippen LogP contribution < -0.4 is 5.32 Å². The molecular formula is C68H113NO10. The van der Waals surface area contributed by atoms with E-state index in [9.17, 15) is 35.1 Å². The van der Waals surface area contributed by atoms with Gasteiger partial charge in [0.15, 0.2) is 12.4 Å². The van der Waals surface area contributed by atoms with Gasteiger partial charge < -0.3 is 45.1 Å². The summed E-state index contributed by atoms with van der Waals surface area (Å²) in [7, 11) is 0. The summed E-state index contributed by atoms with van der Waals surface area (Å²) in [4.78, 5) is 26.5. The molecule has 79 heavy (non-hydrogen) atoms. The molecule has 11 nitrogen and oxygen atoms in total. The number of rotatable bonds is 51. The van der Waals surface area contributed by atoms with Crippen molar-refractivity contribution >= 4 is 11.9 Å². The normalized spacial score (nSPS) is 19.7. The second-order valence-electron chi connectivity index (χ2n) is 21.2. The van der Waals surface area contributed by atoms with Gasteiger partial charge in [-0.1, -0.05) is 264 Å². The first kappa shape index (κ1) is 73.1. The molecule has 1 fully saturated rings. The molecule has 6 N–H and O–H groups in total. The van der Waals surface area contributed by atoms with Crippen molar-refractivity contribution in [2.45, 2.75) is 282 Å². The highest BCUT2D eigenvalue weighted by atomic mass is 16.7. The highest BCUT2D eigenvalue weighted by molar-refractivity contribution is 5.80. The highest BCUT2D eigenvalue weighted by Gasteiger charge is 2.47. The van der Waals surface area contributed by atoms with Gasteiger partial charge >= 0.3 is 5.97 Å². The number of aliphatic hydroxyl groups is 5. The van der Waals surface area contributed by atoms with Gasteiger partial charge in [0, 0.05) is 6.42 Å². The fourth-order valence-electron chi connectivity index (χ4n) is 9.02. The number of unbranched alkanes of at least 4 members (excludes halogenated alkanes) is 23. The van der Waals surface area contributed by atoms with Gasteiger partial charge in [0.2, 0.25) is 5.91 Å². The molecule has 11 heteroatoms. The van der Waals surface area contributed by atoms with E-state index in [-0.39, 0.29) is 19.4 Å². The lowest BCUT2D eigenvalue weighted by Crippen LogP contribution is -2.61. The van der Waals surface area contributed by atoms with Gasteiger partial charge in [0.25, 0.3) is 0 Å². The van der Waals surface area contributed by atoms with Crippen molar-refractivity contribution in [1.29, 1.82) is 0 Å². The average Bonchev–Trinajstić information content (AvgIpc) is 3.49. The Morgan fingerprint density at radius 1 is 0.519 bits per heavy atom. The van der Waals surface area contributed by atoms with E-state index in [4.69, 9.17) is 14.2 Å². The Hall–Kier alpha value is -3.94. The summed E-state index contributed by atoms with van der Waals surface area (Å²) >= 11 is 0. The summed E-state index contributed by atoms with van der Waals surface area (Å²) in [5.74, 6) is -1.29. The Kier molecular flexibility index (Phi) is 50.5. The Morgan fingerprint density at radius 3 is 1.49 bits per heavy atom. The van der Waals surface area contributed by atoms with Crippen molar-refractivity contribution in [3.05, 3.63) is 122 Å². The monoisotopic (exact) mass is 1100 g/mol. The van der Waals surface area contributed by atoms with Crippen molar-refractivity contribution in [3.8, 4) is 0 Å². The van der Waals surface area contributed by atoms with Crippen molar-refractivity contribution in [2.75, 3.05) is 13.2 Å². The first-order valence-corrected chi connectivity index (χ1v) is 31.4. The first-order chi connectivity index (χ1) is 38.7. The number of carbonyl (C=O) groups excluding carboxylic acids is 2. The molecule has 0 aromatic rings. The van der Waals surface area contributed by atoms with Crippen LogP contribution in [0.5, 0.6) is 0 Å². The van der Waals surface area contributed by atoms with Gasteiger partial charge in [-0.2, -0.15) is 0 Å². The number of hydrogen-bond acceptors (Lipinski definition) is 10. The molecule has 1 aliphatic rings. The number of carbonyl (C=O) groups is 2. The number of ether oxygens (including phenoxy) is 3. The summed E-state index contributed by atoms with van der Waals surface area (Å²) in [6, 6.07) is -1.05. The zero-order chi connectivity index (χ0) is 57.5. The quantitative estimate of drug-likeness (QED) is 0.0149. The molecule has 0 aliphatic carbocycles. The lowest BCUT2D eigenvalue weighted by molar-refractivity contribution is -0.305. The molecule has 1 saturated heterocycles. The Morgan fingerprint density at radius 2 is 0.962 bits per heavy atom. The molecule has 0 aromatic carbocycles. The number of aliphatic hydroxyl groups excluding tert-OH is 5. The fraction of sp³-hybridized carbons (Fsp3) is 0.676. The predicted octanol–water partition coefficient (Wildman–Crippen LogP) is 15.1. The van der Waals surface area contributed by atoms with E-state index < -0.39 is 67.4 Å². The van der Waals surface area contributed by atoms with Crippen LogP contribution in [0.4, 0.5) is 0 Å². The minimum Gasteiger partial charge on any atom is -0.454 e. The number of allylic oxidation sites excluding steroid dienone is 19. The molecule has 450 valence electrons. The van der Waals surface area contributed by atoms with Crippen molar-refractivity contribution in [2.24, 2.45) is 0 Å². The van der Waals surface area contributed by atoms with Gasteiger partial charge in [0.1, 0.15) is 24.4 Å². The third-order valence-corrected chi connectivity index (χ3v) is 14.0. The molecular weight excluding hydrogens is 991 g/mol. The maximum absolute atomic E-state index is 13.4. The molecule has 8 unspecified atom stereocenters. The van der Waals surface area contributed by atoms with Crippen LogP contribution in [-0.2, 0) is 23.8 Å². The molecule has 8 atom stereocenters. The van der Waals surface area contributed by atoms with Crippen LogP contribution in [0, 0.1) is 0 Å². The first-order valence-electron chi connectivity index (χ1n) is 31.4. The van der Waals surface area contributed by atoms with E-state index in [1.54, 1.807) is 6.08 Å². The smallest absolute Gasteiger partial charge is 0.306 e. The number of esters is 1. The van der Waals surface area contributed by atoms with Crippen molar-refractivity contribution in [1.82, 2.24) is 5.32 Å². The third-order valence-electron chi connectivity index (χ3n) is 14.0. The fourth-order valence-corrected chi connectivity index (χ4v) is 9.02. The topological polar surface area (TPSA) is 175 Å². The minimum atomic E-state index is -1.65. The maximum Gasteiger partial charge on any atom is 0.306 e. The molecule has 0 spiro atoms. The molecule has 0 radical (unpaired) electrons. The summed E-state index contributed by atoms with van der Waals surface area (Å²) < 4.78 is 17.5. The van der Waals surface area contributed by atoms with Gasteiger partial charge in [-0.05, 0) is 83.5 Å². The standard InChI is InChI=1S/C68H113NO10/c1-4-7-10-13-16-19-22-25-26-27-28-29-30-31-32-33-34-35-38-40-43-46-49-52-55-61(72)67(76)69-59(60(71)54-51-48-45-42-39-36-23-20-17-14-11-8-5-2)58-77-68-66(65(75)64(74)62(57-70)78-68)79-63(73)56-53-50-47-44-41-37-24-21-18-15-12-9-6-3/h9,12,15-16,18-19,21,24-26,28-29,31-32,37,41,44,47,51,54,59-62,64-66,68,70-72,74-75H,4-8,10-11,13-14,17,20,22-23,27,30,33-36,38-40,42-43,45-46,48-50,52-53,55-58H2,1-3H3,(H,69,76)/b12-9+,18-15+,19-16-,24-21-,26-25-,29-28-,32-31-,41-37-,47-44+,54-51+. The number of nitrogens with one attached hydrogen (secondary N) is 1. The molecule has 1 aliphatic heterocycles. The second kappa shape index (κ2) is 54.6. The summed E-state index contributed by atoms with van der Waals surface area (Å²) in [6.45, 7) is 5.56. The van der Waals surface area contributed by atoms with Crippen LogP contribution in [0.1, 0.15) is 233 Å². The maximum atomic E-state index is 13.4. The van der Waals surface area contributed by atoms with Gasteiger partial charge in [-0.3, -0.25) is 9.59 Å². The Bertz CT molecular complexity index is 1740. The van der Waals surface area contributed by atoms with Crippen LogP contribution >= 0.6 is 0 Å². The summed E-state index contributed by atoms with van der Waals surface area (Å²) in [6.07, 6.45) is 65.3. The minimum absolute atomic E-state index is 0.0204. The van der Waals surface area contributed by atoms with E-state index in [2.05, 4.69) is 80.8 Å². The largest absolute Gasteiger partial charge is 0.454 e. The third kappa shape index (κ3) is 42.6. The van der Waals surface area contributed by atoms with Crippen LogP contribution in [0.3, 0.4) is 0 Å². The Balaban J connectivity index is 2.69. The summed E-state index contributed by atoms with van der Waals surface area (Å²) in [5.41, 5.74) is 0. The lowest BCUT2D eigenvalue weighted by Gasteiger charge is -2.41. The SMILES string of the molecule is CC/C=C/C=C/C=C\C=C/C=C/CCCC(=O)OC1C(OCC(NC(=O)C(O)CCCCCCCCCC/C=C\C/C=C\C/C=C\C/C=C\CCCCC)C(O)/C=C/CCCCCCCCCCCCC)OC(CO)C(O)C1O. The van der Waals surface area contributed by atoms with Gasteiger partial charge in [-0.25, -0.2) is 0 Å². The molecule has 1 heterocycles. The zero-order valence-electron chi connectivity index (χ0n) is 49.7. The van der Waals surface area contributed by atoms with Gasteiger partial charge in [0.05, 0.1) is 25.4 Å². The van der Waals surface area contributed by atoms with Crippen LogP contribution in [0.2, 0.25) is 0 Å². The number of hydrogen-bond donors (Lipinski definition) is 6. The van der Waals surface area contributed by atoms with E-state index in [0.29, 0.717) is 19.3 Å². The molecule has 1 amide bonds. The van der Waals surface area contributed by atoms with E-state index in [0.717, 1.165) is 83.5 Å². The molecule has 0 saturated carbocycles. The highest BCUT2D eigenvalue weighted by Crippen LogP contribution is 2.26. The predicted molar refractivity (Wildman–Crippen MR) is 328 cm³/mol. The van der Waals surface area contributed by atoms with E-state index >= 15 is 0 Å². The summed E-state index contributed by atoms with van der Waals surface area (Å²) in [5, 5.41) is 56.9. The van der Waals surface area contributed by atoms with Crippen molar-refractivity contribution in [3.63, 3.8) is 0 Å². The molecule has 0 aromatic heterocycles. The van der Waals surface area contributed by atoms with E-state index in [1.165, 1.54) is 96.3 Å². The van der Waals surface area contributed by atoms with Gasteiger partial charge in [-0.15, -0.1) is 0 Å². The zero-order valence-corrected chi connectivity index (χ0v) is 49.7. The number of amides is 1. The molecule has 0 bridgehead atoms. The molecule has 1 rings (SSSR count). The van der Waals surface area contributed by atoms with Crippen LogP contribution in [0.25, 0.3) is 0 Å². The second-order valence-corrected chi connectivity index (χ2v) is 21.2. The van der Waals surface area contributed by atoms with Crippen LogP contribution in [0.15, 0.2) is 122 Å². The van der Waals surface area contributed by atoms with Crippen LogP contribution in [-0.4, -0.2) is 99.6 Å². The average molecular weight is 1100 g/mol. The lowest BCUT2D eigenvalue weighted by atomic mass is 9.99.